The van der Waals surface area contributed by atoms with Gasteiger partial charge in [-0.25, -0.2) is 4.39 Å². The monoisotopic (exact) mass is 234 g/mol. The van der Waals surface area contributed by atoms with E-state index in [1.54, 1.807) is 12.1 Å². The maximum Gasteiger partial charge on any atom is 0.141 e. The number of carbonyl (C=O) groups is 1. The van der Waals surface area contributed by atoms with Crippen LogP contribution in [0.1, 0.15) is 38.7 Å². The summed E-state index contributed by atoms with van der Waals surface area (Å²) in [6.07, 6.45) is 3.88. The molecule has 1 fully saturated rings. The summed E-state index contributed by atoms with van der Waals surface area (Å²) in [4.78, 5) is 12.2. The van der Waals surface area contributed by atoms with E-state index in [0.29, 0.717) is 5.78 Å². The second kappa shape index (κ2) is 4.59. The lowest BCUT2D eigenvalue weighted by molar-refractivity contribution is -0.136. The van der Waals surface area contributed by atoms with Crippen LogP contribution in [0.4, 0.5) is 4.39 Å². The van der Waals surface area contributed by atoms with Crippen molar-refractivity contribution >= 4 is 5.78 Å². The molecule has 0 aliphatic heterocycles. The predicted molar refractivity (Wildman–Crippen MR) is 66.2 cm³/mol. The highest BCUT2D eigenvalue weighted by atomic mass is 19.1. The van der Waals surface area contributed by atoms with Gasteiger partial charge in [0.05, 0.1) is 0 Å². The van der Waals surface area contributed by atoms with Gasteiger partial charge in [0.15, 0.2) is 0 Å². The van der Waals surface area contributed by atoms with Gasteiger partial charge in [0, 0.05) is 11.3 Å². The molecule has 1 saturated carbocycles. The Morgan fingerprint density at radius 2 is 1.88 bits per heavy atom. The van der Waals surface area contributed by atoms with Gasteiger partial charge in [0.2, 0.25) is 0 Å². The third-order valence-electron chi connectivity index (χ3n) is 3.81. The van der Waals surface area contributed by atoms with Crippen LogP contribution >= 0.6 is 0 Å². The lowest BCUT2D eigenvalue weighted by Crippen LogP contribution is -2.42. The number of halogens is 1. The Morgan fingerprint density at radius 3 is 2.29 bits per heavy atom. The van der Waals surface area contributed by atoms with E-state index in [1.165, 1.54) is 12.1 Å². The smallest absolute Gasteiger partial charge is 0.141 e. The molecule has 2 rings (SSSR count). The third-order valence-corrected chi connectivity index (χ3v) is 3.81. The van der Waals surface area contributed by atoms with Crippen molar-refractivity contribution in [2.24, 2.45) is 11.3 Å². The van der Waals surface area contributed by atoms with Crippen molar-refractivity contribution in [3.05, 3.63) is 35.6 Å². The molecule has 1 aromatic rings. The van der Waals surface area contributed by atoms with Gasteiger partial charge in [-0.15, -0.1) is 0 Å². The molecule has 1 aromatic carbocycles. The molecule has 92 valence electrons. The highest BCUT2D eigenvalue weighted by molar-refractivity contribution is 5.87. The number of carbonyl (C=O) groups excluding carboxylic acids is 1. The van der Waals surface area contributed by atoms with Crippen molar-refractivity contribution in [3.8, 4) is 0 Å². The van der Waals surface area contributed by atoms with Crippen molar-refractivity contribution in [2.75, 3.05) is 0 Å². The molecule has 0 spiro atoms. The quantitative estimate of drug-likeness (QED) is 0.775. The van der Waals surface area contributed by atoms with E-state index in [9.17, 15) is 9.18 Å². The fourth-order valence-electron chi connectivity index (χ4n) is 2.72. The summed E-state index contributed by atoms with van der Waals surface area (Å²) in [7, 11) is 0. The van der Waals surface area contributed by atoms with Crippen LogP contribution in [0.15, 0.2) is 24.3 Å². The molecule has 0 amide bonds. The molecule has 0 radical (unpaired) electrons. The average Bonchev–Trinajstić information content (AvgIpc) is 2.25. The average molecular weight is 234 g/mol. The van der Waals surface area contributed by atoms with Crippen LogP contribution in [0, 0.1) is 17.2 Å². The number of benzene rings is 1. The molecule has 0 heterocycles. The third kappa shape index (κ3) is 2.41. The Labute approximate surface area is 102 Å². The first kappa shape index (κ1) is 12.3. The molecule has 1 aliphatic rings. The predicted octanol–water partition coefficient (Wildman–Crippen LogP) is 3.76. The molecule has 17 heavy (non-hydrogen) atoms. The van der Waals surface area contributed by atoms with Crippen LogP contribution in [0.25, 0.3) is 0 Å². The Bertz CT molecular complexity index is 401. The van der Waals surface area contributed by atoms with E-state index < -0.39 is 0 Å². The fraction of sp³-hybridized carbons (Fsp3) is 0.533. The summed E-state index contributed by atoms with van der Waals surface area (Å²) in [6.45, 7) is 3.93. The standard InChI is InChI=1S/C15H19FO/c1-11(2)14(17)15(8-3-9-15)10-12-4-6-13(16)7-5-12/h4-7,11H,3,8-10H2,1-2H3. The first-order chi connectivity index (χ1) is 8.03. The Morgan fingerprint density at radius 1 is 1.29 bits per heavy atom. The highest BCUT2D eigenvalue weighted by Crippen LogP contribution is 2.46. The second-order valence-corrected chi connectivity index (χ2v) is 5.46. The van der Waals surface area contributed by atoms with Crippen LogP contribution < -0.4 is 0 Å². The topological polar surface area (TPSA) is 17.1 Å². The number of Topliss-reactive ketones (excluding diaryl/α,β-unsaturated/α-hetero) is 1. The fourth-order valence-corrected chi connectivity index (χ4v) is 2.72. The molecular weight excluding hydrogens is 215 g/mol. The van der Waals surface area contributed by atoms with Gasteiger partial charge in [-0.2, -0.15) is 0 Å². The van der Waals surface area contributed by atoms with Crippen molar-refractivity contribution in [3.63, 3.8) is 0 Å². The number of hydrogen-bond acceptors (Lipinski definition) is 1. The molecule has 1 nitrogen and oxygen atoms in total. The summed E-state index contributed by atoms with van der Waals surface area (Å²) in [5.74, 6) is 0.246. The Balaban J connectivity index is 2.15. The van der Waals surface area contributed by atoms with Gasteiger partial charge in [-0.1, -0.05) is 32.4 Å². The van der Waals surface area contributed by atoms with Crippen LogP contribution in [-0.2, 0) is 11.2 Å². The summed E-state index contributed by atoms with van der Waals surface area (Å²) < 4.78 is 12.8. The molecule has 0 saturated heterocycles. The second-order valence-electron chi connectivity index (χ2n) is 5.46. The van der Waals surface area contributed by atoms with E-state index in [4.69, 9.17) is 0 Å². The van der Waals surface area contributed by atoms with E-state index in [0.717, 1.165) is 31.2 Å². The maximum absolute atomic E-state index is 12.8. The Kier molecular flexibility index (Phi) is 3.32. The van der Waals surface area contributed by atoms with Gasteiger partial charge < -0.3 is 0 Å². The number of rotatable bonds is 4. The van der Waals surface area contributed by atoms with E-state index in [2.05, 4.69) is 0 Å². The molecule has 0 unspecified atom stereocenters. The van der Waals surface area contributed by atoms with Crippen LogP contribution in [0.3, 0.4) is 0 Å². The van der Waals surface area contributed by atoms with E-state index >= 15 is 0 Å². The van der Waals surface area contributed by atoms with Crippen molar-refractivity contribution in [1.82, 2.24) is 0 Å². The normalized spacial score (nSPS) is 17.9. The first-order valence-corrected chi connectivity index (χ1v) is 6.32. The molecule has 0 aromatic heterocycles. The van der Waals surface area contributed by atoms with E-state index in [1.807, 2.05) is 13.8 Å². The molecular formula is C15H19FO. The lowest BCUT2D eigenvalue weighted by Gasteiger charge is -2.42. The number of ketones is 1. The minimum atomic E-state index is -0.216. The van der Waals surface area contributed by atoms with Crippen LogP contribution in [-0.4, -0.2) is 5.78 Å². The molecule has 0 atom stereocenters. The molecule has 0 bridgehead atoms. The molecule has 1 aliphatic carbocycles. The summed E-state index contributed by atoms with van der Waals surface area (Å²) in [5.41, 5.74) is 0.909. The van der Waals surface area contributed by atoms with Crippen molar-refractivity contribution in [2.45, 2.75) is 39.5 Å². The van der Waals surface area contributed by atoms with Gasteiger partial charge >= 0.3 is 0 Å². The summed E-state index contributed by atoms with van der Waals surface area (Å²) >= 11 is 0. The van der Waals surface area contributed by atoms with E-state index in [-0.39, 0.29) is 17.2 Å². The first-order valence-electron chi connectivity index (χ1n) is 6.32. The minimum absolute atomic E-state index is 0.0933. The zero-order valence-electron chi connectivity index (χ0n) is 10.5. The Hall–Kier alpha value is -1.18. The zero-order valence-corrected chi connectivity index (χ0v) is 10.5. The number of hydrogen-bond donors (Lipinski definition) is 0. The zero-order chi connectivity index (χ0) is 12.5. The lowest BCUT2D eigenvalue weighted by atomic mass is 9.61. The van der Waals surface area contributed by atoms with Gasteiger partial charge in [0.25, 0.3) is 0 Å². The minimum Gasteiger partial charge on any atom is -0.299 e. The van der Waals surface area contributed by atoms with Crippen LogP contribution in [0.5, 0.6) is 0 Å². The van der Waals surface area contributed by atoms with Crippen molar-refractivity contribution in [1.29, 1.82) is 0 Å². The van der Waals surface area contributed by atoms with Gasteiger partial charge in [0.1, 0.15) is 11.6 Å². The highest BCUT2D eigenvalue weighted by Gasteiger charge is 2.44. The molecule has 2 heteroatoms. The van der Waals surface area contributed by atoms with Gasteiger partial charge in [-0.05, 0) is 37.0 Å². The van der Waals surface area contributed by atoms with Crippen LogP contribution in [0.2, 0.25) is 0 Å². The van der Waals surface area contributed by atoms with Crippen molar-refractivity contribution < 1.29 is 9.18 Å². The molecule has 0 N–H and O–H groups in total. The SMILES string of the molecule is CC(C)C(=O)C1(Cc2ccc(F)cc2)CCC1. The van der Waals surface area contributed by atoms with Gasteiger partial charge in [-0.3, -0.25) is 4.79 Å². The maximum atomic E-state index is 12.8. The largest absolute Gasteiger partial charge is 0.299 e. The summed E-state index contributed by atoms with van der Waals surface area (Å²) in [5, 5.41) is 0. The summed E-state index contributed by atoms with van der Waals surface area (Å²) in [6, 6.07) is 6.54.